The molecule has 3 aromatic rings. The molecule has 1 amide bonds. The number of amides is 1. The highest BCUT2D eigenvalue weighted by Gasteiger charge is 2.19. The molecule has 2 heterocycles. The minimum absolute atomic E-state index is 0.133. The van der Waals surface area contributed by atoms with Crippen LogP contribution in [0.2, 0.25) is 0 Å². The van der Waals surface area contributed by atoms with Gasteiger partial charge in [0.2, 0.25) is 5.91 Å². The summed E-state index contributed by atoms with van der Waals surface area (Å²) in [5.74, 6) is 1.69. The molecule has 2 aromatic carbocycles. The van der Waals surface area contributed by atoms with Gasteiger partial charge in [-0.05, 0) is 47.5 Å². The number of morpholine rings is 1. The van der Waals surface area contributed by atoms with Gasteiger partial charge in [0.25, 0.3) is 0 Å². The third kappa shape index (κ3) is 6.20. The third-order valence-electron chi connectivity index (χ3n) is 5.35. The summed E-state index contributed by atoms with van der Waals surface area (Å²) in [5.41, 5.74) is 2.46. The van der Waals surface area contributed by atoms with Crippen LogP contribution in [0.1, 0.15) is 11.1 Å². The van der Waals surface area contributed by atoms with E-state index in [0.717, 1.165) is 11.1 Å². The van der Waals surface area contributed by atoms with Gasteiger partial charge in [0.15, 0.2) is 5.82 Å². The molecule has 1 saturated heterocycles. The summed E-state index contributed by atoms with van der Waals surface area (Å²) in [4.78, 5) is 19.6. The average molecular weight is 451 g/mol. The van der Waals surface area contributed by atoms with Crippen molar-refractivity contribution in [1.29, 1.82) is 0 Å². The van der Waals surface area contributed by atoms with Crippen molar-refractivity contribution in [2.75, 3.05) is 48.9 Å². The van der Waals surface area contributed by atoms with E-state index in [0.29, 0.717) is 55.9 Å². The van der Waals surface area contributed by atoms with Gasteiger partial charge in [-0.25, -0.2) is 9.37 Å². The second-order valence-corrected chi connectivity index (χ2v) is 7.72. The minimum atomic E-state index is -0.263. The maximum absolute atomic E-state index is 13.1. The number of ether oxygens (including phenoxy) is 2. The van der Waals surface area contributed by atoms with E-state index in [4.69, 9.17) is 14.5 Å². The molecule has 8 heteroatoms. The zero-order chi connectivity index (χ0) is 23.0. The second-order valence-electron chi connectivity index (χ2n) is 7.72. The number of hydrogen-bond donors (Lipinski definition) is 2. The smallest absolute Gasteiger partial charge is 0.228 e. The molecule has 1 fully saturated rings. The molecule has 2 N–H and O–H groups in total. The van der Waals surface area contributed by atoms with E-state index in [-0.39, 0.29) is 18.1 Å². The van der Waals surface area contributed by atoms with Crippen LogP contribution in [0.4, 0.5) is 21.7 Å². The zero-order valence-corrected chi connectivity index (χ0v) is 18.5. The number of nitrogens with zero attached hydrogens (tertiary/aromatic N) is 2. The van der Waals surface area contributed by atoms with Gasteiger partial charge in [0.1, 0.15) is 17.4 Å². The Morgan fingerprint density at radius 1 is 1.09 bits per heavy atom. The number of halogens is 1. The highest BCUT2D eigenvalue weighted by atomic mass is 19.1. The number of pyridine rings is 1. The van der Waals surface area contributed by atoms with Crippen LogP contribution in [0.25, 0.3) is 0 Å². The second kappa shape index (κ2) is 10.8. The molecule has 7 nitrogen and oxygen atoms in total. The van der Waals surface area contributed by atoms with Crippen molar-refractivity contribution in [2.24, 2.45) is 0 Å². The van der Waals surface area contributed by atoms with E-state index in [9.17, 15) is 9.18 Å². The largest absolute Gasteiger partial charge is 0.497 e. The van der Waals surface area contributed by atoms with Crippen molar-refractivity contribution in [3.05, 3.63) is 77.6 Å². The number of aromatic nitrogens is 1. The monoisotopic (exact) mass is 450 g/mol. The molecular weight excluding hydrogens is 423 g/mol. The molecule has 33 heavy (non-hydrogen) atoms. The highest BCUT2D eigenvalue weighted by Crippen LogP contribution is 2.27. The van der Waals surface area contributed by atoms with Gasteiger partial charge >= 0.3 is 0 Å². The van der Waals surface area contributed by atoms with Gasteiger partial charge in [-0.1, -0.05) is 24.3 Å². The summed E-state index contributed by atoms with van der Waals surface area (Å²) in [6.07, 6.45) is 0.227. The SMILES string of the molecule is COc1cccc(CC(=O)Nc2ccc(NCc3ccc(F)cc3)nc2N2CCOCC2)c1. The summed E-state index contributed by atoms with van der Waals surface area (Å²) in [6.45, 7) is 3.09. The molecule has 0 spiro atoms. The Bertz CT molecular complexity index is 1090. The molecule has 0 radical (unpaired) electrons. The van der Waals surface area contributed by atoms with Crippen LogP contribution in [0.3, 0.4) is 0 Å². The number of benzene rings is 2. The fourth-order valence-corrected chi connectivity index (χ4v) is 3.62. The number of methoxy groups -OCH3 is 1. The van der Waals surface area contributed by atoms with Crippen LogP contribution in [0.15, 0.2) is 60.7 Å². The number of carbonyl (C=O) groups excluding carboxylic acids is 1. The van der Waals surface area contributed by atoms with Crippen molar-refractivity contribution < 1.29 is 18.7 Å². The van der Waals surface area contributed by atoms with Crippen LogP contribution in [-0.2, 0) is 22.5 Å². The molecule has 0 aliphatic carbocycles. The summed E-state index contributed by atoms with van der Waals surface area (Å²) in [5, 5.41) is 6.28. The summed E-state index contributed by atoms with van der Waals surface area (Å²) in [6, 6.07) is 17.5. The van der Waals surface area contributed by atoms with Gasteiger partial charge in [-0.15, -0.1) is 0 Å². The Kier molecular flexibility index (Phi) is 7.36. The first-order valence-corrected chi connectivity index (χ1v) is 10.9. The molecular formula is C25H27FN4O3. The van der Waals surface area contributed by atoms with Crippen molar-refractivity contribution in [1.82, 2.24) is 4.98 Å². The van der Waals surface area contributed by atoms with E-state index < -0.39 is 0 Å². The van der Waals surface area contributed by atoms with E-state index in [1.165, 1.54) is 12.1 Å². The Morgan fingerprint density at radius 3 is 2.64 bits per heavy atom. The molecule has 172 valence electrons. The predicted molar refractivity (Wildman–Crippen MR) is 126 cm³/mol. The molecule has 0 atom stereocenters. The standard InChI is InChI=1S/C25H27FN4O3/c1-32-21-4-2-3-19(15-21)16-24(31)28-22-9-10-23(27-17-18-5-7-20(26)8-6-18)29-25(22)30-11-13-33-14-12-30/h2-10,15H,11-14,16-17H2,1H3,(H,27,29)(H,28,31). The number of rotatable bonds is 8. The topological polar surface area (TPSA) is 75.7 Å². The maximum Gasteiger partial charge on any atom is 0.228 e. The van der Waals surface area contributed by atoms with E-state index >= 15 is 0 Å². The molecule has 1 aliphatic heterocycles. The molecule has 0 unspecified atom stereocenters. The van der Waals surface area contributed by atoms with Crippen LogP contribution in [-0.4, -0.2) is 44.3 Å². The highest BCUT2D eigenvalue weighted by molar-refractivity contribution is 5.95. The summed E-state index contributed by atoms with van der Waals surface area (Å²) < 4.78 is 23.9. The van der Waals surface area contributed by atoms with Crippen LogP contribution < -0.4 is 20.3 Å². The first-order chi connectivity index (χ1) is 16.1. The van der Waals surface area contributed by atoms with Crippen molar-refractivity contribution >= 4 is 23.2 Å². The number of carbonyl (C=O) groups is 1. The minimum Gasteiger partial charge on any atom is -0.497 e. The van der Waals surface area contributed by atoms with Crippen LogP contribution in [0.5, 0.6) is 5.75 Å². The number of nitrogens with one attached hydrogen (secondary N) is 2. The molecule has 1 aromatic heterocycles. The number of anilines is 3. The van der Waals surface area contributed by atoms with Crippen molar-refractivity contribution in [2.45, 2.75) is 13.0 Å². The predicted octanol–water partition coefficient (Wildman–Crippen LogP) is 3.86. The zero-order valence-electron chi connectivity index (χ0n) is 18.5. The first-order valence-electron chi connectivity index (χ1n) is 10.9. The van der Waals surface area contributed by atoms with Crippen molar-refractivity contribution in [3.8, 4) is 5.75 Å². The lowest BCUT2D eigenvalue weighted by Crippen LogP contribution is -2.37. The average Bonchev–Trinajstić information content (AvgIpc) is 2.85. The van der Waals surface area contributed by atoms with E-state index in [2.05, 4.69) is 15.5 Å². The van der Waals surface area contributed by atoms with Gasteiger partial charge in [-0.2, -0.15) is 0 Å². The fraction of sp³-hybridized carbons (Fsp3) is 0.280. The lowest BCUT2D eigenvalue weighted by atomic mass is 10.1. The van der Waals surface area contributed by atoms with Gasteiger partial charge in [0, 0.05) is 19.6 Å². The molecule has 1 aliphatic rings. The summed E-state index contributed by atoms with van der Waals surface area (Å²) >= 11 is 0. The first kappa shape index (κ1) is 22.5. The lowest BCUT2D eigenvalue weighted by Gasteiger charge is -2.29. The Labute approximate surface area is 192 Å². The third-order valence-corrected chi connectivity index (χ3v) is 5.35. The fourth-order valence-electron chi connectivity index (χ4n) is 3.62. The lowest BCUT2D eigenvalue weighted by molar-refractivity contribution is -0.115. The molecule has 0 saturated carbocycles. The van der Waals surface area contributed by atoms with Gasteiger partial charge in [-0.3, -0.25) is 4.79 Å². The van der Waals surface area contributed by atoms with Crippen LogP contribution >= 0.6 is 0 Å². The quantitative estimate of drug-likeness (QED) is 0.543. The van der Waals surface area contributed by atoms with Gasteiger partial charge in [0.05, 0.1) is 32.4 Å². The van der Waals surface area contributed by atoms with Crippen molar-refractivity contribution in [3.63, 3.8) is 0 Å². The molecule has 4 rings (SSSR count). The van der Waals surface area contributed by atoms with E-state index in [1.54, 1.807) is 19.2 Å². The van der Waals surface area contributed by atoms with E-state index in [1.807, 2.05) is 36.4 Å². The normalized spacial score (nSPS) is 13.5. The Balaban J connectivity index is 1.49. The van der Waals surface area contributed by atoms with Gasteiger partial charge < -0.3 is 25.0 Å². The Morgan fingerprint density at radius 2 is 1.88 bits per heavy atom. The Hall–Kier alpha value is -3.65. The molecule has 0 bridgehead atoms. The van der Waals surface area contributed by atoms with Crippen LogP contribution in [0, 0.1) is 5.82 Å². The maximum atomic E-state index is 13.1. The summed E-state index contributed by atoms with van der Waals surface area (Å²) in [7, 11) is 1.60. The number of hydrogen-bond acceptors (Lipinski definition) is 6.